The van der Waals surface area contributed by atoms with Crippen molar-refractivity contribution in [2.24, 2.45) is 0 Å². The van der Waals surface area contributed by atoms with Crippen LogP contribution in [0.15, 0.2) is 18.2 Å². The number of nitrogens with one attached hydrogen (secondary N) is 2. The van der Waals surface area contributed by atoms with Crippen LogP contribution >= 0.6 is 23.2 Å². The summed E-state index contributed by atoms with van der Waals surface area (Å²) in [7, 11) is 0. The van der Waals surface area contributed by atoms with Crippen LogP contribution in [0.3, 0.4) is 0 Å². The van der Waals surface area contributed by atoms with Crippen molar-refractivity contribution in [1.82, 2.24) is 15.5 Å². The molecule has 1 aliphatic rings. The van der Waals surface area contributed by atoms with E-state index in [1.807, 2.05) is 6.92 Å². The van der Waals surface area contributed by atoms with E-state index in [0.717, 1.165) is 19.5 Å². The van der Waals surface area contributed by atoms with Crippen LogP contribution in [-0.2, 0) is 4.79 Å². The average Bonchev–Trinajstić information content (AvgIpc) is 3.03. The van der Waals surface area contributed by atoms with Gasteiger partial charge in [0.05, 0.1) is 10.0 Å². The summed E-state index contributed by atoms with van der Waals surface area (Å²) in [5.74, 6) is -0.290. The van der Waals surface area contributed by atoms with Crippen molar-refractivity contribution in [3.63, 3.8) is 0 Å². The van der Waals surface area contributed by atoms with E-state index in [9.17, 15) is 9.59 Å². The fourth-order valence-corrected chi connectivity index (χ4v) is 2.94. The Morgan fingerprint density at radius 1 is 1.26 bits per heavy atom. The normalized spacial score (nSPS) is 17.3. The SMILES string of the molecule is CCNCCNC(=O)C1CCCN1C(=O)c1ccc(Cl)c(Cl)c1. The molecule has 23 heavy (non-hydrogen) atoms. The highest BCUT2D eigenvalue weighted by Crippen LogP contribution is 2.25. The van der Waals surface area contributed by atoms with Crippen LogP contribution < -0.4 is 10.6 Å². The standard InChI is InChI=1S/C16H21Cl2N3O2/c1-2-19-7-8-20-15(22)14-4-3-9-21(14)16(23)11-5-6-12(17)13(18)10-11/h5-6,10,14,19H,2-4,7-9H2,1H3,(H,20,22). The lowest BCUT2D eigenvalue weighted by atomic mass is 10.1. The van der Waals surface area contributed by atoms with Crippen molar-refractivity contribution in [3.8, 4) is 0 Å². The Kier molecular flexibility index (Phi) is 6.69. The molecule has 2 rings (SSSR count). The second-order valence-corrected chi connectivity index (χ2v) is 6.24. The van der Waals surface area contributed by atoms with Gasteiger partial charge in [0.25, 0.3) is 5.91 Å². The molecular formula is C16H21Cl2N3O2. The van der Waals surface area contributed by atoms with E-state index in [0.29, 0.717) is 35.1 Å². The van der Waals surface area contributed by atoms with Crippen molar-refractivity contribution in [2.75, 3.05) is 26.2 Å². The Morgan fingerprint density at radius 3 is 2.74 bits per heavy atom. The fourth-order valence-electron chi connectivity index (χ4n) is 2.65. The Balaban J connectivity index is 2.01. The molecule has 1 saturated heterocycles. The summed E-state index contributed by atoms with van der Waals surface area (Å²) in [6.07, 6.45) is 1.50. The molecule has 1 fully saturated rings. The lowest BCUT2D eigenvalue weighted by Gasteiger charge is -2.24. The molecule has 0 radical (unpaired) electrons. The van der Waals surface area contributed by atoms with Gasteiger partial charge in [-0.25, -0.2) is 0 Å². The van der Waals surface area contributed by atoms with Gasteiger partial charge in [0.15, 0.2) is 0 Å². The molecule has 0 aliphatic carbocycles. The van der Waals surface area contributed by atoms with Crippen LogP contribution in [-0.4, -0.2) is 48.9 Å². The van der Waals surface area contributed by atoms with Crippen molar-refractivity contribution >= 4 is 35.0 Å². The zero-order valence-electron chi connectivity index (χ0n) is 13.1. The number of likely N-dealkylation sites (N-methyl/N-ethyl adjacent to an activating group) is 1. The topological polar surface area (TPSA) is 61.4 Å². The molecule has 126 valence electrons. The number of amides is 2. The van der Waals surface area contributed by atoms with Crippen LogP contribution in [0.2, 0.25) is 10.0 Å². The lowest BCUT2D eigenvalue weighted by molar-refractivity contribution is -0.124. The Bertz CT molecular complexity index is 580. The molecule has 5 nitrogen and oxygen atoms in total. The molecule has 1 aliphatic heterocycles. The maximum absolute atomic E-state index is 12.6. The molecule has 1 atom stereocenters. The van der Waals surface area contributed by atoms with Gasteiger partial charge in [-0.05, 0) is 37.6 Å². The highest BCUT2D eigenvalue weighted by atomic mass is 35.5. The maximum Gasteiger partial charge on any atom is 0.254 e. The second kappa shape index (κ2) is 8.52. The third-order valence-electron chi connectivity index (χ3n) is 3.83. The summed E-state index contributed by atoms with van der Waals surface area (Å²) >= 11 is 11.9. The van der Waals surface area contributed by atoms with Crippen molar-refractivity contribution in [3.05, 3.63) is 33.8 Å². The molecule has 2 N–H and O–H groups in total. The van der Waals surface area contributed by atoms with E-state index in [2.05, 4.69) is 10.6 Å². The van der Waals surface area contributed by atoms with Gasteiger partial charge in [-0.2, -0.15) is 0 Å². The van der Waals surface area contributed by atoms with Crippen molar-refractivity contribution in [1.29, 1.82) is 0 Å². The molecule has 2 amide bonds. The van der Waals surface area contributed by atoms with Crippen LogP contribution in [0.1, 0.15) is 30.1 Å². The van der Waals surface area contributed by atoms with Gasteiger partial charge >= 0.3 is 0 Å². The molecule has 7 heteroatoms. The number of halogens is 2. The molecule has 1 aromatic carbocycles. The van der Waals surface area contributed by atoms with Crippen LogP contribution in [0.4, 0.5) is 0 Å². The Morgan fingerprint density at radius 2 is 2.04 bits per heavy atom. The molecule has 1 aromatic rings. The summed E-state index contributed by atoms with van der Waals surface area (Å²) in [5.41, 5.74) is 0.451. The summed E-state index contributed by atoms with van der Waals surface area (Å²) in [6, 6.07) is 4.36. The van der Waals surface area contributed by atoms with E-state index in [1.54, 1.807) is 23.1 Å². The van der Waals surface area contributed by atoms with E-state index < -0.39 is 6.04 Å². The number of carbonyl (C=O) groups excluding carboxylic acids is 2. The number of likely N-dealkylation sites (tertiary alicyclic amines) is 1. The van der Waals surface area contributed by atoms with Gasteiger partial charge in [-0.15, -0.1) is 0 Å². The number of hydrogen-bond donors (Lipinski definition) is 2. The van der Waals surface area contributed by atoms with Gasteiger partial charge in [0.1, 0.15) is 6.04 Å². The first kappa shape index (κ1) is 18.0. The first-order valence-electron chi connectivity index (χ1n) is 7.79. The molecule has 0 spiro atoms. The summed E-state index contributed by atoms with van der Waals surface area (Å²) < 4.78 is 0. The van der Waals surface area contributed by atoms with Gasteiger partial charge < -0.3 is 15.5 Å². The molecule has 1 heterocycles. The quantitative estimate of drug-likeness (QED) is 0.768. The van der Waals surface area contributed by atoms with E-state index in [1.165, 1.54) is 0 Å². The zero-order valence-corrected chi connectivity index (χ0v) is 14.6. The van der Waals surface area contributed by atoms with Crippen molar-refractivity contribution < 1.29 is 9.59 Å². The largest absolute Gasteiger partial charge is 0.353 e. The molecular weight excluding hydrogens is 337 g/mol. The second-order valence-electron chi connectivity index (χ2n) is 5.43. The predicted octanol–water partition coefficient (Wildman–Crippen LogP) is 2.32. The van der Waals surface area contributed by atoms with E-state index in [-0.39, 0.29) is 11.8 Å². The first-order valence-corrected chi connectivity index (χ1v) is 8.54. The van der Waals surface area contributed by atoms with Gasteiger partial charge in [0.2, 0.25) is 5.91 Å². The van der Waals surface area contributed by atoms with Gasteiger partial charge in [-0.3, -0.25) is 9.59 Å². The average molecular weight is 358 g/mol. The molecule has 0 saturated carbocycles. The Labute approximate surface area is 146 Å². The molecule has 1 unspecified atom stereocenters. The van der Waals surface area contributed by atoms with Crippen LogP contribution in [0.5, 0.6) is 0 Å². The monoisotopic (exact) mass is 357 g/mol. The number of carbonyl (C=O) groups is 2. The Hall–Kier alpha value is -1.30. The molecule has 0 aromatic heterocycles. The third-order valence-corrected chi connectivity index (χ3v) is 4.57. The third kappa shape index (κ3) is 4.59. The zero-order chi connectivity index (χ0) is 16.8. The summed E-state index contributed by atoms with van der Waals surface area (Å²) in [6.45, 7) is 4.72. The highest BCUT2D eigenvalue weighted by Gasteiger charge is 2.34. The molecule has 0 bridgehead atoms. The number of rotatable bonds is 6. The number of nitrogens with zero attached hydrogens (tertiary/aromatic N) is 1. The van der Waals surface area contributed by atoms with E-state index in [4.69, 9.17) is 23.2 Å². The van der Waals surface area contributed by atoms with Gasteiger partial charge in [-0.1, -0.05) is 30.1 Å². The predicted molar refractivity (Wildman–Crippen MR) is 92.1 cm³/mol. The van der Waals surface area contributed by atoms with Gasteiger partial charge in [0, 0.05) is 25.2 Å². The smallest absolute Gasteiger partial charge is 0.254 e. The minimum Gasteiger partial charge on any atom is -0.353 e. The van der Waals surface area contributed by atoms with E-state index >= 15 is 0 Å². The summed E-state index contributed by atoms with van der Waals surface area (Å²) in [5, 5.41) is 6.76. The first-order chi connectivity index (χ1) is 11.0. The van der Waals surface area contributed by atoms with Crippen LogP contribution in [0, 0.1) is 0 Å². The minimum absolute atomic E-state index is 0.103. The van der Waals surface area contributed by atoms with Crippen molar-refractivity contribution in [2.45, 2.75) is 25.8 Å². The minimum atomic E-state index is -0.418. The fraction of sp³-hybridized carbons (Fsp3) is 0.500. The lowest BCUT2D eigenvalue weighted by Crippen LogP contribution is -2.47. The number of hydrogen-bond acceptors (Lipinski definition) is 3. The number of benzene rings is 1. The van der Waals surface area contributed by atoms with Crippen LogP contribution in [0.25, 0.3) is 0 Å². The maximum atomic E-state index is 12.6. The highest BCUT2D eigenvalue weighted by molar-refractivity contribution is 6.42. The summed E-state index contributed by atoms with van der Waals surface area (Å²) in [4.78, 5) is 26.5.